The lowest BCUT2D eigenvalue weighted by Crippen LogP contribution is -2.37. The van der Waals surface area contributed by atoms with E-state index >= 15 is 0 Å². The number of rotatable bonds is 3. The van der Waals surface area contributed by atoms with Gasteiger partial charge in [0.15, 0.2) is 6.10 Å². The first-order valence-electron chi connectivity index (χ1n) is 9.75. The summed E-state index contributed by atoms with van der Waals surface area (Å²) in [7, 11) is 0. The highest BCUT2D eigenvalue weighted by Crippen LogP contribution is 2.47. The second-order valence-corrected chi connectivity index (χ2v) is 7.56. The maximum absolute atomic E-state index is 13.5. The zero-order valence-corrected chi connectivity index (χ0v) is 16.2. The molecular formula is C24H19FN2O3. The lowest BCUT2D eigenvalue weighted by Gasteiger charge is -2.28. The average molecular weight is 402 g/mol. The zero-order valence-electron chi connectivity index (χ0n) is 16.2. The van der Waals surface area contributed by atoms with Gasteiger partial charge < -0.3 is 0 Å². The molecule has 2 aliphatic rings. The highest BCUT2D eigenvalue weighted by Gasteiger charge is 2.60. The van der Waals surface area contributed by atoms with Crippen LogP contribution in [0.25, 0.3) is 0 Å². The molecule has 3 atom stereocenters. The van der Waals surface area contributed by atoms with Gasteiger partial charge in [-0.15, -0.1) is 0 Å². The molecule has 0 radical (unpaired) electrons. The van der Waals surface area contributed by atoms with Crippen LogP contribution in [0.5, 0.6) is 0 Å². The lowest BCUT2D eigenvalue weighted by molar-refractivity contribution is -0.126. The number of carbonyl (C=O) groups excluding carboxylic acids is 2. The Balaban J connectivity index is 1.58. The number of anilines is 2. The van der Waals surface area contributed by atoms with E-state index in [1.165, 1.54) is 17.0 Å². The maximum Gasteiger partial charge on any atom is 0.266 e. The molecule has 2 amide bonds. The number of amides is 2. The zero-order chi connectivity index (χ0) is 20.8. The lowest BCUT2D eigenvalue weighted by atomic mass is 9.90. The number of nitrogens with zero attached hydrogens (tertiary/aromatic N) is 2. The Kier molecular flexibility index (Phi) is 4.37. The Labute approximate surface area is 173 Å². The summed E-state index contributed by atoms with van der Waals surface area (Å²) in [5.41, 5.74) is 3.00. The van der Waals surface area contributed by atoms with Crippen LogP contribution >= 0.6 is 0 Å². The van der Waals surface area contributed by atoms with Gasteiger partial charge in [-0.25, -0.2) is 14.4 Å². The summed E-state index contributed by atoms with van der Waals surface area (Å²) >= 11 is 0. The molecule has 6 heteroatoms. The molecule has 2 saturated heterocycles. The Morgan fingerprint density at radius 2 is 1.47 bits per heavy atom. The molecule has 0 spiro atoms. The van der Waals surface area contributed by atoms with Crippen LogP contribution < -0.4 is 9.96 Å². The SMILES string of the molecule is Cc1ccc(N2C(=O)[C@@H]3[C@@H](ON(c4ccccc4)[C@H]3c3ccc(F)cc3)C2=O)cc1. The van der Waals surface area contributed by atoms with E-state index in [0.717, 1.165) is 11.3 Å². The minimum absolute atomic E-state index is 0.318. The first-order chi connectivity index (χ1) is 14.5. The van der Waals surface area contributed by atoms with Crippen molar-refractivity contribution in [2.75, 3.05) is 9.96 Å². The van der Waals surface area contributed by atoms with Crippen molar-refractivity contribution in [1.29, 1.82) is 0 Å². The molecule has 30 heavy (non-hydrogen) atoms. The van der Waals surface area contributed by atoms with Gasteiger partial charge >= 0.3 is 0 Å². The minimum Gasteiger partial charge on any atom is -0.273 e. The molecule has 0 aliphatic carbocycles. The van der Waals surface area contributed by atoms with E-state index in [1.807, 2.05) is 49.4 Å². The van der Waals surface area contributed by atoms with Crippen molar-refractivity contribution in [3.8, 4) is 0 Å². The smallest absolute Gasteiger partial charge is 0.266 e. The number of benzene rings is 3. The van der Waals surface area contributed by atoms with Crippen LogP contribution in [0.2, 0.25) is 0 Å². The average Bonchev–Trinajstić information content (AvgIpc) is 3.27. The first-order valence-corrected chi connectivity index (χ1v) is 9.75. The third-order valence-corrected chi connectivity index (χ3v) is 5.63. The van der Waals surface area contributed by atoms with E-state index in [4.69, 9.17) is 4.84 Å². The van der Waals surface area contributed by atoms with E-state index in [2.05, 4.69) is 0 Å². The summed E-state index contributed by atoms with van der Waals surface area (Å²) in [6, 6.07) is 22.0. The molecule has 150 valence electrons. The van der Waals surface area contributed by atoms with Crippen molar-refractivity contribution in [3.05, 3.63) is 95.8 Å². The van der Waals surface area contributed by atoms with Gasteiger partial charge in [0.05, 0.1) is 17.4 Å². The molecule has 2 heterocycles. The van der Waals surface area contributed by atoms with Gasteiger partial charge in [-0.3, -0.25) is 14.4 Å². The molecule has 0 aromatic heterocycles. The summed E-state index contributed by atoms with van der Waals surface area (Å²) in [6.45, 7) is 1.94. The van der Waals surface area contributed by atoms with Crippen molar-refractivity contribution >= 4 is 23.2 Å². The van der Waals surface area contributed by atoms with E-state index in [-0.39, 0.29) is 17.6 Å². The number of hydrogen-bond donors (Lipinski definition) is 0. The molecule has 5 nitrogen and oxygen atoms in total. The van der Waals surface area contributed by atoms with Crippen LogP contribution in [-0.4, -0.2) is 17.9 Å². The number of hydroxylamine groups is 1. The Bertz CT molecular complexity index is 1100. The number of para-hydroxylation sites is 1. The topological polar surface area (TPSA) is 49.9 Å². The van der Waals surface area contributed by atoms with Crippen LogP contribution in [0.3, 0.4) is 0 Å². The fourth-order valence-electron chi connectivity index (χ4n) is 4.16. The predicted molar refractivity (Wildman–Crippen MR) is 110 cm³/mol. The Morgan fingerprint density at radius 3 is 2.13 bits per heavy atom. The normalized spacial score (nSPS) is 23.2. The second-order valence-electron chi connectivity index (χ2n) is 7.56. The molecule has 0 N–H and O–H groups in total. The summed E-state index contributed by atoms with van der Waals surface area (Å²) in [5, 5.41) is 1.60. The van der Waals surface area contributed by atoms with Gasteiger partial charge in [0.2, 0.25) is 5.91 Å². The van der Waals surface area contributed by atoms with Crippen molar-refractivity contribution in [3.63, 3.8) is 0 Å². The van der Waals surface area contributed by atoms with E-state index in [9.17, 15) is 14.0 Å². The highest BCUT2D eigenvalue weighted by molar-refractivity contribution is 6.23. The van der Waals surface area contributed by atoms with E-state index < -0.39 is 18.1 Å². The molecule has 0 unspecified atom stereocenters. The Hall–Kier alpha value is -3.51. The number of hydrogen-bond acceptors (Lipinski definition) is 4. The monoisotopic (exact) mass is 402 g/mol. The number of halogens is 1. The van der Waals surface area contributed by atoms with Crippen LogP contribution in [-0.2, 0) is 14.4 Å². The van der Waals surface area contributed by atoms with Crippen molar-refractivity contribution in [2.24, 2.45) is 5.92 Å². The molecule has 2 fully saturated rings. The molecule has 2 aliphatic heterocycles. The molecule has 0 bridgehead atoms. The van der Waals surface area contributed by atoms with Gasteiger partial charge in [0.25, 0.3) is 5.91 Å². The first kappa shape index (κ1) is 18.5. The van der Waals surface area contributed by atoms with Crippen molar-refractivity contribution < 1.29 is 18.8 Å². The quantitative estimate of drug-likeness (QED) is 0.617. The number of aryl methyl sites for hydroxylation is 1. The molecule has 3 aromatic carbocycles. The fraction of sp³-hybridized carbons (Fsp3) is 0.167. The summed E-state index contributed by atoms with van der Waals surface area (Å²) in [6.07, 6.45) is -0.936. The minimum atomic E-state index is -0.936. The van der Waals surface area contributed by atoms with Gasteiger partial charge in [0, 0.05) is 0 Å². The van der Waals surface area contributed by atoms with Gasteiger partial charge in [-0.2, -0.15) is 0 Å². The number of imide groups is 1. The second kappa shape index (κ2) is 7.07. The summed E-state index contributed by atoms with van der Waals surface area (Å²) in [4.78, 5) is 33.9. The van der Waals surface area contributed by atoms with Crippen LogP contribution in [0.4, 0.5) is 15.8 Å². The van der Waals surface area contributed by atoms with Crippen LogP contribution in [0.15, 0.2) is 78.9 Å². The third-order valence-electron chi connectivity index (χ3n) is 5.63. The third kappa shape index (κ3) is 2.88. The molecule has 3 aromatic rings. The Morgan fingerprint density at radius 1 is 0.800 bits per heavy atom. The van der Waals surface area contributed by atoms with Crippen LogP contribution in [0, 0.1) is 18.7 Å². The standard InChI is InChI=1S/C24H19FN2O3/c1-15-7-13-18(14-8-15)26-23(28)20-21(16-9-11-17(25)12-10-16)27(30-22(20)24(26)29)19-5-3-2-4-6-19/h2-14,20-22H,1H3/t20-,21-,22+/m0/s1. The maximum atomic E-state index is 13.5. The van der Waals surface area contributed by atoms with Gasteiger partial charge in [0.1, 0.15) is 11.7 Å². The number of carbonyl (C=O) groups is 2. The fourth-order valence-corrected chi connectivity index (χ4v) is 4.16. The van der Waals surface area contributed by atoms with Gasteiger partial charge in [-0.05, 0) is 48.9 Å². The van der Waals surface area contributed by atoms with Crippen LogP contribution in [0.1, 0.15) is 17.2 Å². The summed E-state index contributed by atoms with van der Waals surface area (Å²) < 4.78 is 13.5. The summed E-state index contributed by atoms with van der Waals surface area (Å²) in [5.74, 6) is -1.80. The van der Waals surface area contributed by atoms with E-state index in [1.54, 1.807) is 29.3 Å². The molecular weight excluding hydrogens is 383 g/mol. The largest absolute Gasteiger partial charge is 0.273 e. The molecule has 5 rings (SSSR count). The van der Waals surface area contributed by atoms with Crippen molar-refractivity contribution in [2.45, 2.75) is 19.1 Å². The molecule has 0 saturated carbocycles. The predicted octanol–water partition coefficient (Wildman–Crippen LogP) is 4.19. The van der Waals surface area contributed by atoms with Gasteiger partial charge in [-0.1, -0.05) is 48.0 Å². The van der Waals surface area contributed by atoms with Crippen molar-refractivity contribution in [1.82, 2.24) is 0 Å². The number of fused-ring (bicyclic) bond motifs is 1. The van der Waals surface area contributed by atoms with E-state index in [0.29, 0.717) is 11.3 Å². The highest BCUT2D eigenvalue weighted by atomic mass is 19.1.